The first kappa shape index (κ1) is 16.6. The van der Waals surface area contributed by atoms with Crippen LogP contribution in [-0.4, -0.2) is 25.0 Å². The fourth-order valence-electron chi connectivity index (χ4n) is 2.64. The molecule has 0 aliphatic heterocycles. The van der Waals surface area contributed by atoms with Gasteiger partial charge in [0, 0.05) is 6.92 Å². The van der Waals surface area contributed by atoms with Gasteiger partial charge in [-0.25, -0.2) is 0 Å². The third-order valence-corrected chi connectivity index (χ3v) is 4.84. The molecule has 8 heteroatoms. The topological polar surface area (TPSA) is 82.8 Å². The number of hydrogen-bond acceptors (Lipinski definition) is 7. The van der Waals surface area contributed by atoms with Crippen molar-refractivity contribution in [2.24, 2.45) is 0 Å². The fourth-order valence-corrected chi connectivity index (χ4v) is 3.42. The second kappa shape index (κ2) is 7.17. The van der Waals surface area contributed by atoms with Crippen LogP contribution in [0.3, 0.4) is 0 Å². The summed E-state index contributed by atoms with van der Waals surface area (Å²) < 4.78 is 13.0. The van der Waals surface area contributed by atoms with Gasteiger partial charge < -0.3 is 8.83 Å². The third-order valence-electron chi connectivity index (χ3n) is 3.89. The monoisotopic (exact) mass is 367 g/mol. The van der Waals surface area contributed by atoms with Gasteiger partial charge in [-0.05, 0) is 18.6 Å². The van der Waals surface area contributed by atoms with Crippen molar-refractivity contribution in [2.45, 2.75) is 31.3 Å². The summed E-state index contributed by atoms with van der Waals surface area (Å²) >= 11 is 1.52. The van der Waals surface area contributed by atoms with Crippen molar-refractivity contribution in [1.82, 2.24) is 25.0 Å². The maximum absolute atomic E-state index is 5.45. The van der Waals surface area contributed by atoms with E-state index in [-0.39, 0.29) is 0 Å². The van der Waals surface area contributed by atoms with Crippen molar-refractivity contribution < 1.29 is 8.83 Å². The smallest absolute Gasteiger partial charge is 0.226 e. The highest BCUT2D eigenvalue weighted by molar-refractivity contribution is 7.98. The Balaban J connectivity index is 1.66. The van der Waals surface area contributed by atoms with Crippen LogP contribution in [0.25, 0.3) is 11.4 Å². The van der Waals surface area contributed by atoms with Crippen LogP contribution < -0.4 is 0 Å². The number of nitrogens with zero attached hydrogens (tertiary/aromatic N) is 5. The maximum Gasteiger partial charge on any atom is 0.226 e. The standard InChI is InChI=1S/C18H17N5O2S/c1-12-15(8-9-24-12)17-21-22-18(26-11-16-20-19-13(2)25-16)23(17)10-14-6-4-3-5-7-14/h3-9H,10-11H2,1-2H3. The van der Waals surface area contributed by atoms with Gasteiger partial charge in [-0.2, -0.15) is 0 Å². The molecule has 0 saturated heterocycles. The second-order valence-electron chi connectivity index (χ2n) is 5.77. The minimum absolute atomic E-state index is 0.540. The predicted octanol–water partition coefficient (Wildman–Crippen LogP) is 3.88. The zero-order valence-corrected chi connectivity index (χ0v) is 15.2. The largest absolute Gasteiger partial charge is 0.469 e. The zero-order chi connectivity index (χ0) is 17.9. The molecule has 1 aromatic carbocycles. The Morgan fingerprint density at radius 2 is 1.85 bits per heavy atom. The SMILES string of the molecule is Cc1nnc(CSc2nnc(-c3ccoc3C)n2Cc2ccccc2)o1. The summed E-state index contributed by atoms with van der Waals surface area (Å²) in [5, 5.41) is 17.5. The normalized spacial score (nSPS) is 11.2. The first-order valence-corrected chi connectivity index (χ1v) is 9.12. The average molecular weight is 367 g/mol. The summed E-state index contributed by atoms with van der Waals surface area (Å²) in [6.07, 6.45) is 1.67. The number of rotatable bonds is 6. The molecular formula is C18H17N5O2S. The summed E-state index contributed by atoms with van der Waals surface area (Å²) in [5.41, 5.74) is 2.11. The lowest BCUT2D eigenvalue weighted by molar-refractivity contribution is 0.485. The molecule has 0 atom stereocenters. The number of furan rings is 1. The van der Waals surface area contributed by atoms with Crippen LogP contribution >= 0.6 is 11.8 Å². The van der Waals surface area contributed by atoms with Crippen LogP contribution in [-0.2, 0) is 12.3 Å². The van der Waals surface area contributed by atoms with Crippen molar-refractivity contribution in [1.29, 1.82) is 0 Å². The molecule has 26 heavy (non-hydrogen) atoms. The lowest BCUT2D eigenvalue weighted by atomic mass is 10.2. The minimum atomic E-state index is 0.540. The number of thioether (sulfide) groups is 1. The van der Waals surface area contributed by atoms with Gasteiger partial charge >= 0.3 is 0 Å². The van der Waals surface area contributed by atoms with E-state index < -0.39 is 0 Å². The van der Waals surface area contributed by atoms with E-state index in [1.54, 1.807) is 13.2 Å². The molecule has 0 bridgehead atoms. The van der Waals surface area contributed by atoms with Crippen molar-refractivity contribution in [3.63, 3.8) is 0 Å². The van der Waals surface area contributed by atoms with Gasteiger partial charge in [0.25, 0.3) is 0 Å². The Labute approximate surface area is 154 Å². The summed E-state index contributed by atoms with van der Waals surface area (Å²) in [7, 11) is 0. The molecule has 0 amide bonds. The van der Waals surface area contributed by atoms with Gasteiger partial charge in [-0.15, -0.1) is 20.4 Å². The second-order valence-corrected chi connectivity index (χ2v) is 6.71. The Morgan fingerprint density at radius 1 is 1.00 bits per heavy atom. The Hall–Kier alpha value is -2.87. The lowest BCUT2D eigenvalue weighted by Crippen LogP contribution is -2.04. The fraction of sp³-hybridized carbons (Fsp3) is 0.222. The molecule has 0 unspecified atom stereocenters. The molecule has 7 nitrogen and oxygen atoms in total. The minimum Gasteiger partial charge on any atom is -0.469 e. The summed E-state index contributed by atoms with van der Waals surface area (Å²) in [6.45, 7) is 4.36. The van der Waals surface area contributed by atoms with Crippen LogP contribution in [0.1, 0.15) is 23.1 Å². The molecule has 3 aromatic heterocycles. The summed E-state index contributed by atoms with van der Waals surface area (Å²) in [5.74, 6) is 3.27. The highest BCUT2D eigenvalue weighted by atomic mass is 32.2. The molecular weight excluding hydrogens is 350 g/mol. The highest BCUT2D eigenvalue weighted by Gasteiger charge is 2.18. The molecule has 4 rings (SSSR count). The van der Waals surface area contributed by atoms with Gasteiger partial charge in [-0.1, -0.05) is 42.1 Å². The lowest BCUT2D eigenvalue weighted by Gasteiger charge is -2.09. The van der Waals surface area contributed by atoms with Gasteiger partial charge in [-0.3, -0.25) is 4.57 Å². The Bertz CT molecular complexity index is 1010. The Kier molecular flexibility index (Phi) is 4.57. The van der Waals surface area contributed by atoms with Crippen molar-refractivity contribution >= 4 is 11.8 Å². The molecule has 4 aromatic rings. The molecule has 0 fully saturated rings. The van der Waals surface area contributed by atoms with E-state index >= 15 is 0 Å². The van der Waals surface area contributed by atoms with Gasteiger partial charge in [0.2, 0.25) is 11.8 Å². The molecule has 0 saturated carbocycles. The van der Waals surface area contributed by atoms with E-state index in [4.69, 9.17) is 8.83 Å². The first-order chi connectivity index (χ1) is 12.7. The van der Waals surface area contributed by atoms with Crippen LogP contribution in [0, 0.1) is 13.8 Å². The molecule has 3 heterocycles. The number of aromatic nitrogens is 5. The van der Waals surface area contributed by atoms with Crippen molar-refractivity contribution in [3.8, 4) is 11.4 Å². The maximum atomic E-state index is 5.45. The van der Waals surface area contributed by atoms with Gasteiger partial charge in [0.15, 0.2) is 11.0 Å². The quantitative estimate of drug-likeness (QED) is 0.478. The zero-order valence-electron chi connectivity index (χ0n) is 14.4. The van der Waals surface area contributed by atoms with Crippen molar-refractivity contribution in [3.05, 3.63) is 65.8 Å². The molecule has 0 radical (unpaired) electrons. The number of aryl methyl sites for hydroxylation is 2. The first-order valence-electron chi connectivity index (χ1n) is 8.14. The van der Waals surface area contributed by atoms with Crippen molar-refractivity contribution in [2.75, 3.05) is 0 Å². The number of benzene rings is 1. The molecule has 0 spiro atoms. The molecule has 0 aliphatic rings. The summed E-state index contributed by atoms with van der Waals surface area (Å²) in [6, 6.07) is 12.1. The predicted molar refractivity (Wildman–Crippen MR) is 96.6 cm³/mol. The Morgan fingerprint density at radius 3 is 2.54 bits per heavy atom. The van der Waals surface area contributed by atoms with Crippen LogP contribution in [0.15, 0.2) is 56.7 Å². The van der Waals surface area contributed by atoms with E-state index in [1.807, 2.05) is 31.2 Å². The summed E-state index contributed by atoms with van der Waals surface area (Å²) in [4.78, 5) is 0. The van der Waals surface area contributed by atoms with E-state index in [1.165, 1.54) is 17.3 Å². The van der Waals surface area contributed by atoms with E-state index in [0.717, 1.165) is 22.3 Å². The molecule has 132 valence electrons. The number of hydrogen-bond donors (Lipinski definition) is 0. The van der Waals surface area contributed by atoms with Crippen LogP contribution in [0.5, 0.6) is 0 Å². The average Bonchev–Trinajstić information content (AvgIpc) is 3.35. The van der Waals surface area contributed by atoms with Gasteiger partial charge in [0.05, 0.1) is 24.1 Å². The molecule has 0 aliphatic carbocycles. The van der Waals surface area contributed by atoms with Crippen LogP contribution in [0.4, 0.5) is 0 Å². The van der Waals surface area contributed by atoms with E-state index in [9.17, 15) is 0 Å². The van der Waals surface area contributed by atoms with E-state index in [0.29, 0.717) is 24.1 Å². The van der Waals surface area contributed by atoms with Crippen LogP contribution in [0.2, 0.25) is 0 Å². The highest BCUT2D eigenvalue weighted by Crippen LogP contribution is 2.29. The third kappa shape index (κ3) is 3.41. The van der Waals surface area contributed by atoms with E-state index in [2.05, 4.69) is 37.1 Å². The molecule has 0 N–H and O–H groups in total. The van der Waals surface area contributed by atoms with Gasteiger partial charge in [0.1, 0.15) is 5.76 Å².